The summed E-state index contributed by atoms with van der Waals surface area (Å²) in [5, 5.41) is 5.86. The topological polar surface area (TPSA) is 51.1 Å². The second-order valence-corrected chi connectivity index (χ2v) is 7.73. The predicted octanol–water partition coefficient (Wildman–Crippen LogP) is 5.28. The molecule has 0 bridgehead atoms. The van der Waals surface area contributed by atoms with Crippen LogP contribution in [0.15, 0.2) is 53.1 Å². The number of ether oxygens (including phenoxy) is 2. The van der Waals surface area contributed by atoms with E-state index in [2.05, 4.69) is 34.6 Å². The van der Waals surface area contributed by atoms with Crippen LogP contribution in [0.3, 0.4) is 0 Å². The van der Waals surface area contributed by atoms with Crippen molar-refractivity contribution in [2.24, 2.45) is 5.10 Å². The fourth-order valence-electron chi connectivity index (χ4n) is 2.82. The molecule has 5 nitrogen and oxygen atoms in total. The first-order valence-corrected chi connectivity index (χ1v) is 10.2. The van der Waals surface area contributed by atoms with Crippen molar-refractivity contribution in [2.45, 2.75) is 33.3 Å². The molecule has 6 heteroatoms. The number of hydrogen-bond acceptors (Lipinski definition) is 4. The van der Waals surface area contributed by atoms with Gasteiger partial charge in [-0.25, -0.2) is 0 Å². The van der Waals surface area contributed by atoms with Gasteiger partial charge in [0.25, 0.3) is 5.91 Å². The van der Waals surface area contributed by atoms with Crippen molar-refractivity contribution >= 4 is 46.0 Å². The Balaban J connectivity index is 1.94. The summed E-state index contributed by atoms with van der Waals surface area (Å²) in [7, 11) is 1.62. The Morgan fingerprint density at radius 2 is 1.96 bits per heavy atom. The summed E-state index contributed by atoms with van der Waals surface area (Å²) >= 11 is 2.24. The Bertz CT molecular complexity index is 938. The summed E-state index contributed by atoms with van der Waals surface area (Å²) in [5.74, 6) is 1.24. The van der Waals surface area contributed by atoms with Gasteiger partial charge in [0.15, 0.2) is 11.5 Å². The molecule has 0 spiro atoms. The van der Waals surface area contributed by atoms with Crippen molar-refractivity contribution in [1.29, 1.82) is 0 Å². The molecule has 1 aliphatic heterocycles. The van der Waals surface area contributed by atoms with E-state index < -0.39 is 0 Å². The van der Waals surface area contributed by atoms with Crippen LogP contribution in [0.25, 0.3) is 6.08 Å². The molecule has 0 aliphatic carbocycles. The van der Waals surface area contributed by atoms with E-state index in [-0.39, 0.29) is 12.0 Å². The third-order valence-corrected chi connectivity index (χ3v) is 5.32. The van der Waals surface area contributed by atoms with E-state index in [4.69, 9.17) is 9.47 Å². The van der Waals surface area contributed by atoms with Crippen LogP contribution in [-0.4, -0.2) is 24.8 Å². The van der Waals surface area contributed by atoms with Crippen LogP contribution in [0.1, 0.15) is 32.8 Å². The molecule has 1 heterocycles. The molecule has 28 heavy (non-hydrogen) atoms. The fraction of sp³-hybridized carbons (Fsp3) is 0.273. The van der Waals surface area contributed by atoms with E-state index in [1.54, 1.807) is 7.11 Å². The Kier molecular flexibility index (Phi) is 6.39. The highest BCUT2D eigenvalue weighted by Crippen LogP contribution is 2.36. The minimum absolute atomic E-state index is 0.0943. The predicted molar refractivity (Wildman–Crippen MR) is 121 cm³/mol. The summed E-state index contributed by atoms with van der Waals surface area (Å²) in [6.45, 7) is 5.95. The number of rotatable bonds is 6. The summed E-state index contributed by atoms with van der Waals surface area (Å²) in [4.78, 5) is 12.9. The molecule has 0 unspecified atom stereocenters. The second kappa shape index (κ2) is 8.77. The normalized spacial score (nSPS) is 16.3. The minimum atomic E-state index is -0.141. The Hall–Kier alpha value is -2.35. The third kappa shape index (κ3) is 4.22. The van der Waals surface area contributed by atoms with Crippen molar-refractivity contribution < 1.29 is 14.3 Å². The zero-order valence-electron chi connectivity index (χ0n) is 16.4. The van der Waals surface area contributed by atoms with E-state index in [1.165, 1.54) is 5.01 Å². The van der Waals surface area contributed by atoms with Crippen LogP contribution in [0, 0.1) is 3.57 Å². The van der Waals surface area contributed by atoms with Crippen LogP contribution in [-0.2, 0) is 4.79 Å². The molecule has 0 radical (unpaired) electrons. The highest BCUT2D eigenvalue weighted by molar-refractivity contribution is 14.1. The molecule has 0 aromatic heterocycles. The molecule has 1 amide bonds. The van der Waals surface area contributed by atoms with Gasteiger partial charge >= 0.3 is 0 Å². The maximum Gasteiger partial charge on any atom is 0.280 e. The number of carbonyl (C=O) groups is 1. The van der Waals surface area contributed by atoms with Gasteiger partial charge in [-0.2, -0.15) is 10.1 Å². The molecule has 2 aromatic carbocycles. The van der Waals surface area contributed by atoms with Gasteiger partial charge in [-0.3, -0.25) is 4.79 Å². The van der Waals surface area contributed by atoms with Crippen molar-refractivity contribution in [3.8, 4) is 11.5 Å². The highest BCUT2D eigenvalue weighted by Gasteiger charge is 2.28. The van der Waals surface area contributed by atoms with Crippen LogP contribution in [0.2, 0.25) is 0 Å². The Labute approximate surface area is 179 Å². The zero-order chi connectivity index (χ0) is 20.3. The molecule has 0 fully saturated rings. The summed E-state index contributed by atoms with van der Waals surface area (Å²) in [5.41, 5.74) is 2.87. The average Bonchev–Trinajstić information content (AvgIpc) is 2.98. The first-order valence-electron chi connectivity index (χ1n) is 9.15. The smallest absolute Gasteiger partial charge is 0.280 e. The van der Waals surface area contributed by atoms with Crippen LogP contribution < -0.4 is 14.5 Å². The lowest BCUT2D eigenvalue weighted by molar-refractivity contribution is -0.114. The number of hydrazone groups is 1. The lowest BCUT2D eigenvalue weighted by Crippen LogP contribution is -2.21. The van der Waals surface area contributed by atoms with Gasteiger partial charge in [-0.15, -0.1) is 0 Å². The molecule has 1 atom stereocenters. The van der Waals surface area contributed by atoms with Crippen LogP contribution in [0.4, 0.5) is 5.69 Å². The molecule has 0 saturated heterocycles. The summed E-state index contributed by atoms with van der Waals surface area (Å²) < 4.78 is 12.5. The Morgan fingerprint density at radius 3 is 2.61 bits per heavy atom. The molecule has 0 N–H and O–H groups in total. The second-order valence-electron chi connectivity index (χ2n) is 6.57. The van der Waals surface area contributed by atoms with E-state index in [9.17, 15) is 4.79 Å². The third-order valence-electron chi connectivity index (χ3n) is 4.52. The van der Waals surface area contributed by atoms with Crippen LogP contribution >= 0.6 is 22.6 Å². The Morgan fingerprint density at radius 1 is 1.25 bits per heavy atom. The van der Waals surface area contributed by atoms with Gasteiger partial charge in [0.05, 0.1) is 33.8 Å². The van der Waals surface area contributed by atoms with Gasteiger partial charge in [0.1, 0.15) is 0 Å². The lowest BCUT2D eigenvalue weighted by Gasteiger charge is -2.17. The maximum atomic E-state index is 12.9. The van der Waals surface area contributed by atoms with Crippen LogP contribution in [0.5, 0.6) is 11.5 Å². The van der Waals surface area contributed by atoms with Gasteiger partial charge in [-0.05, 0) is 78.8 Å². The number of anilines is 1. The highest BCUT2D eigenvalue weighted by atomic mass is 127. The largest absolute Gasteiger partial charge is 0.493 e. The van der Waals surface area contributed by atoms with E-state index in [0.717, 1.165) is 27.0 Å². The van der Waals surface area contributed by atoms with Crippen molar-refractivity contribution in [3.05, 3.63) is 57.2 Å². The summed E-state index contributed by atoms with van der Waals surface area (Å²) in [6.07, 6.45) is 2.85. The molecule has 1 aliphatic rings. The zero-order valence-corrected chi connectivity index (χ0v) is 18.6. The molecule has 146 valence electrons. The standard InChI is InChI=1S/C22H23IN2O3/c1-5-14(2)28-21-19(23)12-16(13-20(21)27-4)11-18-15(3)24-25(22(18)26)17-9-7-6-8-10-17/h6-14H,5H2,1-4H3/b18-11+/t14-/m1/s1. The van der Waals surface area contributed by atoms with Gasteiger partial charge in [0, 0.05) is 0 Å². The SMILES string of the molecule is CC[C@@H](C)Oc1c(I)cc(/C=C2/C(=O)N(c3ccccc3)N=C2C)cc1OC. The first-order chi connectivity index (χ1) is 13.4. The number of amides is 1. The number of halogens is 1. The number of para-hydroxylation sites is 1. The fourth-order valence-corrected chi connectivity index (χ4v) is 3.57. The average molecular weight is 490 g/mol. The first kappa shape index (κ1) is 20.4. The molecular formula is C22H23IN2O3. The number of carbonyl (C=O) groups excluding carboxylic acids is 1. The minimum Gasteiger partial charge on any atom is -0.493 e. The lowest BCUT2D eigenvalue weighted by atomic mass is 10.1. The molecule has 0 saturated carbocycles. The van der Waals surface area contributed by atoms with Gasteiger partial charge in [0.2, 0.25) is 0 Å². The van der Waals surface area contributed by atoms with Gasteiger partial charge < -0.3 is 9.47 Å². The summed E-state index contributed by atoms with van der Waals surface area (Å²) in [6, 6.07) is 13.3. The van der Waals surface area contributed by atoms with E-state index in [1.807, 2.05) is 62.4 Å². The van der Waals surface area contributed by atoms with E-state index >= 15 is 0 Å². The molecular weight excluding hydrogens is 467 g/mol. The van der Waals surface area contributed by atoms with Crippen molar-refractivity contribution in [1.82, 2.24) is 0 Å². The quantitative estimate of drug-likeness (QED) is 0.409. The van der Waals surface area contributed by atoms with Gasteiger partial charge in [-0.1, -0.05) is 25.1 Å². The maximum absolute atomic E-state index is 12.9. The number of hydrogen-bond donors (Lipinski definition) is 0. The molecule has 2 aromatic rings. The monoisotopic (exact) mass is 490 g/mol. The van der Waals surface area contributed by atoms with E-state index in [0.29, 0.717) is 17.0 Å². The van der Waals surface area contributed by atoms with Crippen molar-refractivity contribution in [3.63, 3.8) is 0 Å². The number of benzene rings is 2. The van der Waals surface area contributed by atoms with Crippen molar-refractivity contribution in [2.75, 3.05) is 12.1 Å². The molecule has 3 rings (SSSR count). The number of nitrogens with zero attached hydrogens (tertiary/aromatic N) is 2. The number of methoxy groups -OCH3 is 1.